The van der Waals surface area contributed by atoms with E-state index < -0.39 is 12.8 Å². The summed E-state index contributed by atoms with van der Waals surface area (Å²) in [5.41, 5.74) is 5.52. The molecule has 0 aliphatic heterocycles. The van der Waals surface area contributed by atoms with Gasteiger partial charge in [0.15, 0.2) is 0 Å². The Balaban J connectivity index is 3.27. The zero-order valence-electron chi connectivity index (χ0n) is 8.14. The fourth-order valence-corrected chi connectivity index (χ4v) is 0.775. The predicted octanol–water partition coefficient (Wildman–Crippen LogP) is 1.32. The fraction of sp³-hybridized carbons (Fsp3) is 1.00. The van der Waals surface area contributed by atoms with Crippen molar-refractivity contribution in [1.82, 2.24) is 0 Å². The first-order valence-corrected chi connectivity index (χ1v) is 4.43. The summed E-state index contributed by atoms with van der Waals surface area (Å²) in [4.78, 5) is 0. The minimum absolute atomic E-state index is 0.00769. The maximum Gasteiger partial charge on any atom is 0.411 e. The highest BCUT2D eigenvalue weighted by Crippen LogP contribution is 2.14. The van der Waals surface area contributed by atoms with Gasteiger partial charge in [-0.05, 0) is 13.3 Å². The Kier molecular flexibility index (Phi) is 6.86. The van der Waals surface area contributed by atoms with Crippen LogP contribution in [0.5, 0.6) is 0 Å². The lowest BCUT2D eigenvalue weighted by atomic mass is 10.2. The van der Waals surface area contributed by atoms with Crippen LogP contribution in [0.1, 0.15) is 13.3 Å². The maximum atomic E-state index is 11.6. The maximum absolute atomic E-state index is 11.6. The van der Waals surface area contributed by atoms with E-state index in [1.54, 1.807) is 0 Å². The topological polar surface area (TPSA) is 44.5 Å². The van der Waals surface area contributed by atoms with Gasteiger partial charge in [0, 0.05) is 19.3 Å². The first kappa shape index (κ1) is 13.7. The van der Waals surface area contributed by atoms with Crippen LogP contribution < -0.4 is 5.73 Å². The average Bonchev–Trinajstić information content (AvgIpc) is 2.07. The Hall–Kier alpha value is -0.330. The van der Waals surface area contributed by atoms with E-state index in [0.717, 1.165) is 0 Å². The van der Waals surface area contributed by atoms with Crippen molar-refractivity contribution in [3.05, 3.63) is 0 Å². The van der Waals surface area contributed by atoms with Crippen molar-refractivity contribution >= 4 is 0 Å². The Morgan fingerprint density at radius 1 is 1.29 bits per heavy atom. The van der Waals surface area contributed by atoms with Gasteiger partial charge in [-0.15, -0.1) is 0 Å². The third-order valence-electron chi connectivity index (χ3n) is 1.43. The Labute approximate surface area is 81.4 Å². The zero-order valence-corrected chi connectivity index (χ0v) is 8.14. The molecule has 0 radical (unpaired) electrons. The SMILES string of the molecule is CCOCC(N)CCOCC(F)(F)F. The second-order valence-electron chi connectivity index (χ2n) is 2.88. The van der Waals surface area contributed by atoms with Crippen molar-refractivity contribution in [2.24, 2.45) is 5.73 Å². The molecular weight excluding hydrogens is 199 g/mol. The van der Waals surface area contributed by atoms with Gasteiger partial charge < -0.3 is 15.2 Å². The van der Waals surface area contributed by atoms with E-state index in [0.29, 0.717) is 19.6 Å². The smallest absolute Gasteiger partial charge is 0.380 e. The van der Waals surface area contributed by atoms with Gasteiger partial charge in [0.05, 0.1) is 6.61 Å². The Morgan fingerprint density at radius 3 is 2.43 bits per heavy atom. The van der Waals surface area contributed by atoms with Crippen molar-refractivity contribution in [2.45, 2.75) is 25.6 Å². The van der Waals surface area contributed by atoms with Gasteiger partial charge in [-0.25, -0.2) is 0 Å². The predicted molar refractivity (Wildman–Crippen MR) is 46.0 cm³/mol. The molecular formula is C8H16F3NO2. The molecule has 0 heterocycles. The highest BCUT2D eigenvalue weighted by Gasteiger charge is 2.27. The molecule has 0 amide bonds. The number of nitrogens with two attached hydrogens (primary N) is 1. The number of halogens is 3. The summed E-state index contributed by atoms with van der Waals surface area (Å²) in [5, 5.41) is 0. The van der Waals surface area contributed by atoms with Crippen molar-refractivity contribution in [3.63, 3.8) is 0 Å². The van der Waals surface area contributed by atoms with Gasteiger partial charge >= 0.3 is 6.18 Å². The standard InChI is InChI=1S/C8H16F3NO2/c1-2-13-5-7(12)3-4-14-6-8(9,10)11/h7H,2-6,12H2,1H3. The molecule has 0 aromatic carbocycles. The van der Waals surface area contributed by atoms with Crippen molar-refractivity contribution < 1.29 is 22.6 Å². The van der Waals surface area contributed by atoms with Crippen LogP contribution in [-0.4, -0.2) is 38.6 Å². The molecule has 0 aliphatic rings. The molecule has 0 bridgehead atoms. The number of hydrogen-bond acceptors (Lipinski definition) is 3. The molecule has 0 aromatic heterocycles. The quantitative estimate of drug-likeness (QED) is 0.651. The van der Waals surface area contributed by atoms with Crippen LogP contribution in [0.3, 0.4) is 0 Å². The lowest BCUT2D eigenvalue weighted by Crippen LogP contribution is -2.28. The van der Waals surface area contributed by atoms with Crippen LogP contribution in [0.15, 0.2) is 0 Å². The van der Waals surface area contributed by atoms with Crippen molar-refractivity contribution in [3.8, 4) is 0 Å². The molecule has 0 spiro atoms. The summed E-state index contributed by atoms with van der Waals surface area (Å²) in [5.74, 6) is 0. The molecule has 0 saturated heterocycles. The third-order valence-corrected chi connectivity index (χ3v) is 1.43. The van der Waals surface area contributed by atoms with Crippen LogP contribution in [0, 0.1) is 0 Å². The monoisotopic (exact) mass is 215 g/mol. The molecule has 1 unspecified atom stereocenters. The van der Waals surface area contributed by atoms with Crippen LogP contribution in [0.4, 0.5) is 13.2 Å². The summed E-state index contributed by atoms with van der Waals surface area (Å²) in [6, 6.07) is -0.261. The second kappa shape index (κ2) is 7.03. The summed E-state index contributed by atoms with van der Waals surface area (Å²) < 4.78 is 44.2. The summed E-state index contributed by atoms with van der Waals surface area (Å²) in [7, 11) is 0. The molecule has 86 valence electrons. The minimum atomic E-state index is -4.26. The van der Waals surface area contributed by atoms with Gasteiger partial charge in [0.2, 0.25) is 0 Å². The lowest BCUT2D eigenvalue weighted by molar-refractivity contribution is -0.174. The van der Waals surface area contributed by atoms with Crippen LogP contribution >= 0.6 is 0 Å². The van der Waals surface area contributed by atoms with Crippen LogP contribution in [0.25, 0.3) is 0 Å². The second-order valence-corrected chi connectivity index (χ2v) is 2.88. The highest BCUT2D eigenvalue weighted by molar-refractivity contribution is 4.59. The number of ether oxygens (including phenoxy) is 2. The minimum Gasteiger partial charge on any atom is -0.380 e. The number of hydrogen-bond donors (Lipinski definition) is 1. The molecule has 0 saturated carbocycles. The molecule has 0 aliphatic carbocycles. The molecule has 1 atom stereocenters. The van der Waals surface area contributed by atoms with E-state index in [1.807, 2.05) is 6.92 Å². The van der Waals surface area contributed by atoms with E-state index in [4.69, 9.17) is 10.5 Å². The number of alkyl halides is 3. The summed E-state index contributed by atoms with van der Waals surface area (Å²) >= 11 is 0. The fourth-order valence-electron chi connectivity index (χ4n) is 0.775. The molecule has 3 nitrogen and oxygen atoms in total. The largest absolute Gasteiger partial charge is 0.411 e. The van der Waals surface area contributed by atoms with Gasteiger partial charge in [-0.2, -0.15) is 13.2 Å². The van der Waals surface area contributed by atoms with E-state index in [-0.39, 0.29) is 12.6 Å². The first-order valence-electron chi connectivity index (χ1n) is 4.43. The Morgan fingerprint density at radius 2 is 1.93 bits per heavy atom. The molecule has 0 aromatic rings. The first-order chi connectivity index (χ1) is 6.45. The van der Waals surface area contributed by atoms with E-state index in [9.17, 15) is 13.2 Å². The lowest BCUT2D eigenvalue weighted by Gasteiger charge is -2.12. The van der Waals surface area contributed by atoms with Crippen LogP contribution in [-0.2, 0) is 9.47 Å². The van der Waals surface area contributed by atoms with E-state index in [1.165, 1.54) is 0 Å². The molecule has 6 heteroatoms. The van der Waals surface area contributed by atoms with Gasteiger partial charge in [-0.3, -0.25) is 0 Å². The molecule has 14 heavy (non-hydrogen) atoms. The third kappa shape index (κ3) is 9.76. The average molecular weight is 215 g/mol. The van der Waals surface area contributed by atoms with Gasteiger partial charge in [0.1, 0.15) is 6.61 Å². The van der Waals surface area contributed by atoms with Gasteiger partial charge in [0.25, 0.3) is 0 Å². The molecule has 0 fully saturated rings. The Bertz CT molecular complexity index is 141. The van der Waals surface area contributed by atoms with Gasteiger partial charge in [-0.1, -0.05) is 0 Å². The summed E-state index contributed by atoms with van der Waals surface area (Å²) in [6.07, 6.45) is -3.89. The van der Waals surface area contributed by atoms with E-state index in [2.05, 4.69) is 4.74 Å². The zero-order chi connectivity index (χ0) is 11.0. The van der Waals surface area contributed by atoms with E-state index >= 15 is 0 Å². The molecule has 0 rings (SSSR count). The van der Waals surface area contributed by atoms with Crippen LogP contribution in [0.2, 0.25) is 0 Å². The summed E-state index contributed by atoms with van der Waals surface area (Å²) in [6.45, 7) is 1.53. The van der Waals surface area contributed by atoms with Crippen molar-refractivity contribution in [1.29, 1.82) is 0 Å². The highest BCUT2D eigenvalue weighted by atomic mass is 19.4. The molecule has 2 N–H and O–H groups in total. The number of rotatable bonds is 7. The van der Waals surface area contributed by atoms with Crippen molar-refractivity contribution in [2.75, 3.05) is 26.4 Å². The normalized spacial score (nSPS) is 14.4.